The molecule has 0 fully saturated rings. The number of ether oxygens (including phenoxy) is 1. The normalized spacial score (nSPS) is 10.1. The molecule has 108 valence electrons. The van der Waals surface area contributed by atoms with Crippen LogP contribution in [0.5, 0.6) is 11.5 Å². The van der Waals surface area contributed by atoms with Crippen LogP contribution in [0.1, 0.15) is 11.1 Å². The van der Waals surface area contributed by atoms with Crippen molar-refractivity contribution in [3.8, 4) is 11.5 Å². The molecule has 0 aromatic heterocycles. The maximum atomic E-state index is 10.9. The highest BCUT2D eigenvalue weighted by Gasteiger charge is 2.14. The molecule has 0 spiro atoms. The molecule has 0 aliphatic rings. The summed E-state index contributed by atoms with van der Waals surface area (Å²) in [6.07, 6.45) is -0.0594. The molecule has 0 amide bonds. The SMILES string of the molecule is Cc1c(Oc2ccc(CC(=O)O)cc2)cccc1[N+](=O)[O-]. The number of nitro groups is 1. The molecule has 0 bridgehead atoms. The van der Waals surface area contributed by atoms with Crippen molar-refractivity contribution in [1.82, 2.24) is 0 Å². The number of carbonyl (C=O) groups is 1. The molecular weight excluding hydrogens is 274 g/mol. The maximum Gasteiger partial charge on any atom is 0.307 e. The first-order valence-corrected chi connectivity index (χ1v) is 6.20. The third-order valence-corrected chi connectivity index (χ3v) is 2.96. The minimum absolute atomic E-state index is 0.00463. The van der Waals surface area contributed by atoms with Gasteiger partial charge in [-0.3, -0.25) is 14.9 Å². The fraction of sp³-hybridized carbons (Fsp3) is 0.133. The summed E-state index contributed by atoms with van der Waals surface area (Å²) in [5, 5.41) is 19.6. The van der Waals surface area contributed by atoms with Gasteiger partial charge < -0.3 is 9.84 Å². The van der Waals surface area contributed by atoms with Gasteiger partial charge in [-0.05, 0) is 30.7 Å². The van der Waals surface area contributed by atoms with E-state index in [1.165, 1.54) is 6.07 Å². The monoisotopic (exact) mass is 287 g/mol. The Hall–Kier alpha value is -2.89. The standard InChI is InChI=1S/C15H13NO5/c1-10-13(16(19)20)3-2-4-14(10)21-12-7-5-11(6-8-12)9-15(17)18/h2-8H,9H2,1H3,(H,17,18). The van der Waals surface area contributed by atoms with Crippen LogP contribution in [-0.4, -0.2) is 16.0 Å². The first kappa shape index (κ1) is 14.5. The Morgan fingerprint density at radius 1 is 1.24 bits per heavy atom. The molecular formula is C15H13NO5. The lowest BCUT2D eigenvalue weighted by molar-refractivity contribution is -0.385. The van der Waals surface area contributed by atoms with Gasteiger partial charge in [-0.15, -0.1) is 0 Å². The zero-order chi connectivity index (χ0) is 15.4. The van der Waals surface area contributed by atoms with E-state index in [1.807, 2.05) is 0 Å². The molecule has 6 heteroatoms. The number of aliphatic carboxylic acids is 1. The number of hydrogen-bond acceptors (Lipinski definition) is 4. The van der Waals surface area contributed by atoms with Crippen molar-refractivity contribution in [2.24, 2.45) is 0 Å². The largest absolute Gasteiger partial charge is 0.481 e. The summed E-state index contributed by atoms with van der Waals surface area (Å²) in [4.78, 5) is 21.0. The van der Waals surface area contributed by atoms with E-state index in [2.05, 4.69) is 0 Å². The second-order valence-electron chi connectivity index (χ2n) is 4.47. The number of rotatable bonds is 5. The highest BCUT2D eigenvalue weighted by atomic mass is 16.6. The summed E-state index contributed by atoms with van der Waals surface area (Å²) in [5.74, 6) is -0.0129. The lowest BCUT2D eigenvalue weighted by atomic mass is 10.1. The first-order chi connectivity index (χ1) is 9.97. The summed E-state index contributed by atoms with van der Waals surface area (Å²) >= 11 is 0. The Labute approximate surface area is 120 Å². The highest BCUT2D eigenvalue weighted by molar-refractivity contribution is 5.70. The molecule has 1 N–H and O–H groups in total. The Morgan fingerprint density at radius 2 is 1.90 bits per heavy atom. The van der Waals surface area contributed by atoms with Crippen molar-refractivity contribution in [2.45, 2.75) is 13.3 Å². The van der Waals surface area contributed by atoms with Crippen LogP contribution in [0.15, 0.2) is 42.5 Å². The number of carboxylic acid groups (broad SMARTS) is 1. The van der Waals surface area contributed by atoms with Crippen molar-refractivity contribution in [2.75, 3.05) is 0 Å². The van der Waals surface area contributed by atoms with Crippen LogP contribution in [-0.2, 0) is 11.2 Å². The minimum Gasteiger partial charge on any atom is -0.481 e. The second kappa shape index (κ2) is 6.04. The fourth-order valence-corrected chi connectivity index (χ4v) is 1.89. The predicted molar refractivity (Wildman–Crippen MR) is 75.7 cm³/mol. The van der Waals surface area contributed by atoms with Gasteiger partial charge in [0, 0.05) is 6.07 Å². The lowest BCUT2D eigenvalue weighted by Crippen LogP contribution is -1.99. The van der Waals surface area contributed by atoms with Crippen LogP contribution in [0.4, 0.5) is 5.69 Å². The Balaban J connectivity index is 2.20. The van der Waals surface area contributed by atoms with E-state index >= 15 is 0 Å². The van der Waals surface area contributed by atoms with E-state index in [0.29, 0.717) is 22.6 Å². The summed E-state index contributed by atoms with van der Waals surface area (Å²) in [6.45, 7) is 1.62. The molecule has 6 nitrogen and oxygen atoms in total. The van der Waals surface area contributed by atoms with Gasteiger partial charge in [0.25, 0.3) is 5.69 Å². The van der Waals surface area contributed by atoms with E-state index in [0.717, 1.165) is 0 Å². The summed E-state index contributed by atoms with van der Waals surface area (Å²) < 4.78 is 5.61. The quantitative estimate of drug-likeness (QED) is 0.673. The molecule has 0 heterocycles. The minimum atomic E-state index is -0.904. The molecule has 0 saturated heterocycles. The zero-order valence-electron chi connectivity index (χ0n) is 11.3. The summed E-state index contributed by atoms with van der Waals surface area (Å²) in [5.41, 5.74) is 1.10. The van der Waals surface area contributed by atoms with Crippen LogP contribution in [0.3, 0.4) is 0 Å². The van der Waals surface area contributed by atoms with Crippen LogP contribution in [0.2, 0.25) is 0 Å². The highest BCUT2D eigenvalue weighted by Crippen LogP contribution is 2.30. The third-order valence-electron chi connectivity index (χ3n) is 2.96. The van der Waals surface area contributed by atoms with E-state index in [9.17, 15) is 14.9 Å². The molecule has 0 saturated carbocycles. The zero-order valence-corrected chi connectivity index (χ0v) is 11.3. The first-order valence-electron chi connectivity index (χ1n) is 6.20. The lowest BCUT2D eigenvalue weighted by Gasteiger charge is -2.09. The van der Waals surface area contributed by atoms with Crippen LogP contribution < -0.4 is 4.74 Å². The van der Waals surface area contributed by atoms with Gasteiger partial charge in [-0.25, -0.2) is 0 Å². The van der Waals surface area contributed by atoms with Gasteiger partial charge in [0.1, 0.15) is 11.5 Å². The van der Waals surface area contributed by atoms with Gasteiger partial charge in [-0.2, -0.15) is 0 Å². The third kappa shape index (κ3) is 3.56. The van der Waals surface area contributed by atoms with Crippen molar-refractivity contribution < 1.29 is 19.6 Å². The number of nitro benzene ring substituents is 1. The molecule has 0 radical (unpaired) electrons. The van der Waals surface area contributed by atoms with Crippen molar-refractivity contribution >= 4 is 11.7 Å². The predicted octanol–water partition coefficient (Wildman–Crippen LogP) is 3.32. The topological polar surface area (TPSA) is 89.7 Å². The molecule has 0 aliphatic heterocycles. The van der Waals surface area contributed by atoms with Crippen LogP contribution in [0.25, 0.3) is 0 Å². The Kier molecular flexibility index (Phi) is 4.18. The number of hydrogen-bond donors (Lipinski definition) is 1. The molecule has 0 unspecified atom stereocenters. The van der Waals surface area contributed by atoms with Crippen molar-refractivity contribution in [1.29, 1.82) is 0 Å². The molecule has 21 heavy (non-hydrogen) atoms. The molecule has 2 rings (SSSR count). The van der Waals surface area contributed by atoms with Crippen molar-refractivity contribution in [3.05, 3.63) is 63.7 Å². The molecule has 2 aromatic carbocycles. The van der Waals surface area contributed by atoms with Gasteiger partial charge in [0.05, 0.1) is 16.9 Å². The maximum absolute atomic E-state index is 10.9. The summed E-state index contributed by atoms with van der Waals surface area (Å²) in [6, 6.07) is 11.2. The molecule has 0 aliphatic carbocycles. The summed E-state index contributed by atoms with van der Waals surface area (Å²) in [7, 11) is 0. The molecule has 2 aromatic rings. The number of benzene rings is 2. The number of nitrogens with zero attached hydrogens (tertiary/aromatic N) is 1. The van der Waals surface area contributed by atoms with E-state index in [-0.39, 0.29) is 12.1 Å². The Bertz CT molecular complexity index is 679. The smallest absolute Gasteiger partial charge is 0.307 e. The van der Waals surface area contributed by atoms with E-state index in [1.54, 1.807) is 43.3 Å². The van der Waals surface area contributed by atoms with E-state index < -0.39 is 10.9 Å². The number of carboxylic acids is 1. The Morgan fingerprint density at radius 3 is 2.48 bits per heavy atom. The van der Waals surface area contributed by atoms with Gasteiger partial charge in [-0.1, -0.05) is 18.2 Å². The van der Waals surface area contributed by atoms with Gasteiger partial charge in [0.2, 0.25) is 0 Å². The van der Waals surface area contributed by atoms with Crippen LogP contribution >= 0.6 is 0 Å². The fourth-order valence-electron chi connectivity index (χ4n) is 1.89. The average molecular weight is 287 g/mol. The molecule has 0 atom stereocenters. The van der Waals surface area contributed by atoms with Crippen LogP contribution in [0, 0.1) is 17.0 Å². The second-order valence-corrected chi connectivity index (χ2v) is 4.47. The van der Waals surface area contributed by atoms with Crippen molar-refractivity contribution in [3.63, 3.8) is 0 Å². The average Bonchev–Trinajstić information content (AvgIpc) is 2.42. The van der Waals surface area contributed by atoms with Gasteiger partial charge >= 0.3 is 5.97 Å². The van der Waals surface area contributed by atoms with E-state index in [4.69, 9.17) is 9.84 Å². The van der Waals surface area contributed by atoms with Gasteiger partial charge in [0.15, 0.2) is 0 Å².